The minimum absolute atomic E-state index is 0.0444. The molecule has 3 aromatic rings. The molecule has 1 heterocycles. The van der Waals surface area contributed by atoms with Crippen LogP contribution in [0.3, 0.4) is 0 Å². The fourth-order valence-electron chi connectivity index (χ4n) is 2.87. The zero-order valence-electron chi connectivity index (χ0n) is 14.5. The summed E-state index contributed by atoms with van der Waals surface area (Å²) >= 11 is 1.45. The lowest BCUT2D eigenvalue weighted by Gasteiger charge is -2.14. The standard InChI is InChI=1S/C21H19N3OS/c1-2-19(15-8-4-3-5-9-15)20(25)24-21-23-14-18(26-21)12-16-10-6-7-11-17(16)13-22/h3-11,14,19H,2,12H2,1H3,(H,23,24,25). The number of thiazole rings is 1. The Bertz CT molecular complexity index is 928. The topological polar surface area (TPSA) is 65.8 Å². The third-order valence-corrected chi connectivity index (χ3v) is 5.13. The predicted molar refractivity (Wildman–Crippen MR) is 104 cm³/mol. The number of aromatic nitrogens is 1. The summed E-state index contributed by atoms with van der Waals surface area (Å²) < 4.78 is 0. The van der Waals surface area contributed by atoms with Crippen LogP contribution in [0.1, 0.15) is 40.8 Å². The van der Waals surface area contributed by atoms with Crippen LogP contribution in [0, 0.1) is 11.3 Å². The first-order valence-corrected chi connectivity index (χ1v) is 9.31. The van der Waals surface area contributed by atoms with E-state index in [1.165, 1.54) is 11.3 Å². The van der Waals surface area contributed by atoms with Gasteiger partial charge in [0.2, 0.25) is 5.91 Å². The zero-order valence-corrected chi connectivity index (χ0v) is 15.3. The van der Waals surface area contributed by atoms with Gasteiger partial charge in [-0.05, 0) is 23.6 Å². The van der Waals surface area contributed by atoms with Crippen molar-refractivity contribution >= 4 is 22.4 Å². The number of carbonyl (C=O) groups is 1. The molecule has 0 radical (unpaired) electrons. The molecule has 0 bridgehead atoms. The number of carbonyl (C=O) groups excluding carboxylic acids is 1. The van der Waals surface area contributed by atoms with Crippen LogP contribution in [-0.2, 0) is 11.2 Å². The highest BCUT2D eigenvalue weighted by molar-refractivity contribution is 7.15. The molecule has 0 spiro atoms. The molecular weight excluding hydrogens is 342 g/mol. The van der Waals surface area contributed by atoms with E-state index in [-0.39, 0.29) is 11.8 Å². The van der Waals surface area contributed by atoms with Crippen molar-refractivity contribution in [2.24, 2.45) is 0 Å². The largest absolute Gasteiger partial charge is 0.301 e. The molecular formula is C21H19N3OS. The van der Waals surface area contributed by atoms with Crippen molar-refractivity contribution in [3.05, 3.63) is 82.4 Å². The van der Waals surface area contributed by atoms with Crippen LogP contribution in [0.15, 0.2) is 60.8 Å². The molecule has 130 valence electrons. The number of nitriles is 1. The van der Waals surface area contributed by atoms with Gasteiger partial charge in [0.25, 0.3) is 0 Å². The van der Waals surface area contributed by atoms with E-state index < -0.39 is 0 Å². The van der Waals surface area contributed by atoms with Crippen molar-refractivity contribution in [1.82, 2.24) is 4.98 Å². The summed E-state index contributed by atoms with van der Waals surface area (Å²) in [4.78, 5) is 18.0. The number of hydrogen-bond acceptors (Lipinski definition) is 4. The maximum atomic E-state index is 12.6. The van der Waals surface area contributed by atoms with Gasteiger partial charge in [-0.3, -0.25) is 4.79 Å². The van der Waals surface area contributed by atoms with Crippen LogP contribution in [0.25, 0.3) is 0 Å². The summed E-state index contributed by atoms with van der Waals surface area (Å²) in [5, 5.41) is 12.7. The summed E-state index contributed by atoms with van der Waals surface area (Å²) in [6.07, 6.45) is 3.12. The minimum atomic E-state index is -0.192. The minimum Gasteiger partial charge on any atom is -0.301 e. The lowest BCUT2D eigenvalue weighted by Crippen LogP contribution is -2.20. The Kier molecular flexibility index (Phi) is 5.77. The molecule has 0 saturated carbocycles. The molecule has 0 aliphatic heterocycles. The van der Waals surface area contributed by atoms with Crippen molar-refractivity contribution in [1.29, 1.82) is 5.26 Å². The van der Waals surface area contributed by atoms with Crippen molar-refractivity contribution in [3.8, 4) is 6.07 Å². The van der Waals surface area contributed by atoms with E-state index in [0.29, 0.717) is 17.1 Å². The molecule has 0 fully saturated rings. The van der Waals surface area contributed by atoms with E-state index in [1.54, 1.807) is 6.20 Å². The number of benzene rings is 2. The average Bonchev–Trinajstić information content (AvgIpc) is 3.10. The molecule has 1 aromatic heterocycles. The summed E-state index contributed by atoms with van der Waals surface area (Å²) in [5.74, 6) is -0.236. The van der Waals surface area contributed by atoms with Gasteiger partial charge in [0.1, 0.15) is 0 Å². The van der Waals surface area contributed by atoms with Gasteiger partial charge >= 0.3 is 0 Å². The third-order valence-electron chi connectivity index (χ3n) is 4.21. The molecule has 26 heavy (non-hydrogen) atoms. The molecule has 4 nitrogen and oxygen atoms in total. The molecule has 0 saturated heterocycles. The average molecular weight is 361 g/mol. The third kappa shape index (κ3) is 4.16. The Morgan fingerprint density at radius 1 is 1.19 bits per heavy atom. The lowest BCUT2D eigenvalue weighted by molar-refractivity contribution is -0.117. The summed E-state index contributed by atoms with van der Waals surface area (Å²) in [7, 11) is 0. The Hall–Kier alpha value is -2.97. The first-order valence-electron chi connectivity index (χ1n) is 8.49. The first-order chi connectivity index (χ1) is 12.7. The number of hydrogen-bond donors (Lipinski definition) is 1. The van der Waals surface area contributed by atoms with E-state index in [2.05, 4.69) is 16.4 Å². The van der Waals surface area contributed by atoms with Gasteiger partial charge in [0, 0.05) is 17.5 Å². The fourth-order valence-corrected chi connectivity index (χ4v) is 3.71. The molecule has 5 heteroatoms. The summed E-state index contributed by atoms with van der Waals surface area (Å²) in [5.41, 5.74) is 2.64. The zero-order chi connectivity index (χ0) is 18.4. The van der Waals surface area contributed by atoms with Crippen molar-refractivity contribution in [3.63, 3.8) is 0 Å². The van der Waals surface area contributed by atoms with Crippen LogP contribution < -0.4 is 5.32 Å². The number of nitrogens with zero attached hydrogens (tertiary/aromatic N) is 2. The van der Waals surface area contributed by atoms with Gasteiger partial charge in [-0.25, -0.2) is 4.98 Å². The number of amides is 1. The van der Waals surface area contributed by atoms with Gasteiger partial charge in [-0.15, -0.1) is 11.3 Å². The lowest BCUT2D eigenvalue weighted by atomic mass is 9.96. The molecule has 1 atom stereocenters. The number of nitrogens with one attached hydrogen (secondary N) is 1. The highest BCUT2D eigenvalue weighted by atomic mass is 32.1. The van der Waals surface area contributed by atoms with Crippen molar-refractivity contribution in [2.45, 2.75) is 25.7 Å². The van der Waals surface area contributed by atoms with E-state index in [4.69, 9.17) is 0 Å². The Labute approximate surface area is 157 Å². The van der Waals surface area contributed by atoms with Crippen molar-refractivity contribution in [2.75, 3.05) is 5.32 Å². The molecule has 0 aliphatic rings. The van der Waals surface area contributed by atoms with Crippen LogP contribution in [-0.4, -0.2) is 10.9 Å². The molecule has 1 amide bonds. The highest BCUT2D eigenvalue weighted by Gasteiger charge is 2.19. The van der Waals surface area contributed by atoms with Crippen LogP contribution in [0.2, 0.25) is 0 Å². The van der Waals surface area contributed by atoms with Crippen LogP contribution >= 0.6 is 11.3 Å². The van der Waals surface area contributed by atoms with E-state index in [1.807, 2.05) is 61.5 Å². The monoisotopic (exact) mass is 361 g/mol. The first kappa shape index (κ1) is 17.8. The Morgan fingerprint density at radius 2 is 1.92 bits per heavy atom. The summed E-state index contributed by atoms with van der Waals surface area (Å²) in [6.45, 7) is 2.00. The smallest absolute Gasteiger partial charge is 0.233 e. The van der Waals surface area contributed by atoms with Crippen LogP contribution in [0.5, 0.6) is 0 Å². The molecule has 1 N–H and O–H groups in total. The van der Waals surface area contributed by atoms with Gasteiger partial charge in [0.05, 0.1) is 17.6 Å². The summed E-state index contributed by atoms with van der Waals surface area (Å²) in [6, 6.07) is 19.5. The molecule has 2 aromatic carbocycles. The number of rotatable bonds is 6. The Balaban J connectivity index is 1.70. The quantitative estimate of drug-likeness (QED) is 0.690. The second-order valence-electron chi connectivity index (χ2n) is 5.94. The van der Waals surface area contributed by atoms with Gasteiger partial charge in [-0.2, -0.15) is 5.26 Å². The second kappa shape index (κ2) is 8.41. The maximum Gasteiger partial charge on any atom is 0.233 e. The van der Waals surface area contributed by atoms with Crippen molar-refractivity contribution < 1.29 is 4.79 Å². The van der Waals surface area contributed by atoms with Gasteiger partial charge in [-0.1, -0.05) is 55.5 Å². The van der Waals surface area contributed by atoms with Gasteiger partial charge in [0.15, 0.2) is 5.13 Å². The highest BCUT2D eigenvalue weighted by Crippen LogP contribution is 2.25. The molecule has 0 aliphatic carbocycles. The predicted octanol–water partition coefficient (Wildman–Crippen LogP) is 4.74. The van der Waals surface area contributed by atoms with Gasteiger partial charge < -0.3 is 5.32 Å². The molecule has 3 rings (SSSR count). The van der Waals surface area contributed by atoms with E-state index >= 15 is 0 Å². The normalized spacial score (nSPS) is 11.5. The second-order valence-corrected chi connectivity index (χ2v) is 7.05. The van der Waals surface area contributed by atoms with E-state index in [0.717, 1.165) is 22.4 Å². The van der Waals surface area contributed by atoms with Crippen LogP contribution in [0.4, 0.5) is 5.13 Å². The number of anilines is 1. The van der Waals surface area contributed by atoms with E-state index in [9.17, 15) is 10.1 Å². The molecule has 1 unspecified atom stereocenters. The Morgan fingerprint density at radius 3 is 2.65 bits per heavy atom. The maximum absolute atomic E-state index is 12.6. The fraction of sp³-hybridized carbons (Fsp3) is 0.190. The SMILES string of the molecule is CCC(C(=O)Nc1ncc(Cc2ccccc2C#N)s1)c1ccccc1.